The molecule has 0 aliphatic rings. The molecular weight excluding hydrogens is 336 g/mol. The first-order chi connectivity index (χ1) is 10.3. The lowest BCUT2D eigenvalue weighted by Gasteiger charge is -2.16. The molecule has 0 atom stereocenters. The number of benzene rings is 1. The molecule has 0 fully saturated rings. The van der Waals surface area contributed by atoms with E-state index < -0.39 is 41.7 Å². The molecule has 0 N–H and O–H groups in total. The maximum atomic E-state index is 12.3. The molecule has 0 radical (unpaired) electrons. The van der Waals surface area contributed by atoms with Gasteiger partial charge in [0.2, 0.25) is 16.4 Å². The predicted octanol–water partition coefficient (Wildman–Crippen LogP) is 2.33. The highest BCUT2D eigenvalue weighted by atomic mass is 35.5. The topological polar surface area (TPSA) is 85.0 Å². The Balaban J connectivity index is 2.96. The molecule has 0 spiro atoms. The summed E-state index contributed by atoms with van der Waals surface area (Å²) in [5.41, 5.74) is 0.521. The van der Waals surface area contributed by atoms with E-state index in [0.717, 1.165) is 4.31 Å². The van der Waals surface area contributed by atoms with Crippen molar-refractivity contribution >= 4 is 21.6 Å². The number of nitriles is 2. The normalized spacial score (nSPS) is 11.4. The van der Waals surface area contributed by atoms with Crippen LogP contribution in [0.25, 0.3) is 0 Å². The first-order valence-corrected chi connectivity index (χ1v) is 8.06. The van der Waals surface area contributed by atoms with Crippen molar-refractivity contribution in [3.63, 3.8) is 0 Å². The van der Waals surface area contributed by atoms with Gasteiger partial charge in [0.15, 0.2) is 0 Å². The summed E-state index contributed by atoms with van der Waals surface area (Å²) in [6.07, 6.45) is -3.06. The third-order valence-electron chi connectivity index (χ3n) is 2.73. The van der Waals surface area contributed by atoms with Crippen molar-refractivity contribution in [2.24, 2.45) is 0 Å². The predicted molar refractivity (Wildman–Crippen MR) is 76.6 cm³/mol. The Labute approximate surface area is 132 Å². The smallest absolute Gasteiger partial charge is 0.212 e. The summed E-state index contributed by atoms with van der Waals surface area (Å²) < 4.78 is 49.6. The van der Waals surface area contributed by atoms with Gasteiger partial charge in [0, 0.05) is 11.4 Å². The summed E-state index contributed by atoms with van der Waals surface area (Å²) in [5.74, 6) is -0.467. The van der Waals surface area contributed by atoms with Crippen LogP contribution in [-0.4, -0.2) is 32.2 Å². The van der Waals surface area contributed by atoms with Gasteiger partial charge in [0.05, 0.1) is 17.9 Å². The summed E-state index contributed by atoms with van der Waals surface area (Å²) >= 11 is 5.86. The van der Waals surface area contributed by atoms with Gasteiger partial charge >= 0.3 is 0 Å². The molecule has 0 aliphatic carbocycles. The summed E-state index contributed by atoms with van der Waals surface area (Å²) in [5, 5.41) is 17.3. The monoisotopic (exact) mass is 347 g/mol. The van der Waals surface area contributed by atoms with Crippen molar-refractivity contribution in [2.45, 2.75) is 18.6 Å². The molecule has 0 aliphatic heterocycles. The highest BCUT2D eigenvalue weighted by Gasteiger charge is 2.22. The lowest BCUT2D eigenvalue weighted by Crippen LogP contribution is -2.32. The summed E-state index contributed by atoms with van der Waals surface area (Å²) in [4.78, 5) is 0. The van der Waals surface area contributed by atoms with Gasteiger partial charge in [-0.2, -0.15) is 14.8 Å². The van der Waals surface area contributed by atoms with E-state index in [9.17, 15) is 17.2 Å². The zero-order valence-corrected chi connectivity index (χ0v) is 12.9. The van der Waals surface area contributed by atoms with Gasteiger partial charge in [-0.3, -0.25) is 0 Å². The fourth-order valence-electron chi connectivity index (χ4n) is 1.72. The van der Waals surface area contributed by atoms with Gasteiger partial charge in [-0.1, -0.05) is 23.7 Å². The molecule has 1 rings (SSSR count). The third kappa shape index (κ3) is 5.23. The minimum atomic E-state index is -3.87. The van der Waals surface area contributed by atoms with Crippen LogP contribution >= 0.6 is 11.6 Å². The quantitative estimate of drug-likeness (QED) is 0.708. The molecule has 0 unspecified atom stereocenters. The molecule has 0 heterocycles. The van der Waals surface area contributed by atoms with Crippen LogP contribution in [0.4, 0.5) is 8.78 Å². The van der Waals surface area contributed by atoms with Crippen LogP contribution in [-0.2, 0) is 22.2 Å². The molecular formula is C13H12ClF2N3O2S. The van der Waals surface area contributed by atoms with E-state index in [4.69, 9.17) is 22.1 Å². The molecule has 0 saturated carbocycles. The van der Waals surface area contributed by atoms with E-state index in [1.54, 1.807) is 12.1 Å². The van der Waals surface area contributed by atoms with Crippen LogP contribution in [0.1, 0.15) is 11.1 Å². The van der Waals surface area contributed by atoms with Crippen molar-refractivity contribution in [3.8, 4) is 12.1 Å². The van der Waals surface area contributed by atoms with E-state index in [0.29, 0.717) is 5.56 Å². The minimum absolute atomic E-state index is 0.0557. The molecule has 5 nitrogen and oxygen atoms in total. The Morgan fingerprint density at radius 3 is 2.27 bits per heavy atom. The third-order valence-corrected chi connectivity index (χ3v) is 4.82. The molecule has 1 aromatic rings. The highest BCUT2D eigenvalue weighted by Crippen LogP contribution is 2.22. The van der Waals surface area contributed by atoms with Gasteiger partial charge in [-0.25, -0.2) is 17.2 Å². The minimum Gasteiger partial charge on any atom is -0.212 e. The fourth-order valence-corrected chi connectivity index (χ4v) is 3.30. The van der Waals surface area contributed by atoms with Crippen molar-refractivity contribution in [3.05, 3.63) is 34.3 Å². The summed E-state index contributed by atoms with van der Waals surface area (Å²) in [6, 6.07) is 7.38. The first-order valence-electron chi connectivity index (χ1n) is 6.07. The zero-order valence-electron chi connectivity index (χ0n) is 11.3. The maximum Gasteiger partial charge on any atom is 0.242 e. The second-order valence-corrected chi connectivity index (χ2v) is 6.74. The van der Waals surface area contributed by atoms with Crippen LogP contribution in [0.2, 0.25) is 5.02 Å². The van der Waals surface area contributed by atoms with Crippen molar-refractivity contribution in [2.75, 3.05) is 13.1 Å². The average molecular weight is 348 g/mol. The molecule has 9 heteroatoms. The van der Waals surface area contributed by atoms with E-state index in [1.165, 1.54) is 18.2 Å². The van der Waals surface area contributed by atoms with Crippen LogP contribution in [0.5, 0.6) is 0 Å². The standard InChI is InChI=1S/C13H12ClF2N3O2S/c14-12-7-10(1-2-11(12)8-13(15)16)9-22(20,21)19(5-3-17)6-4-18/h1-2,7,13H,5-6,8-9H2. The highest BCUT2D eigenvalue weighted by molar-refractivity contribution is 7.88. The molecule has 118 valence electrons. The number of hydrogen-bond donors (Lipinski definition) is 0. The molecule has 1 aromatic carbocycles. The zero-order chi connectivity index (χ0) is 16.8. The number of alkyl halides is 2. The Bertz CT molecular complexity index is 695. The summed E-state index contributed by atoms with van der Waals surface area (Å²) in [7, 11) is -3.87. The second kappa shape index (κ2) is 8.04. The van der Waals surface area contributed by atoms with Gasteiger partial charge in [0.1, 0.15) is 13.1 Å². The second-order valence-electron chi connectivity index (χ2n) is 4.36. The number of sulfonamides is 1. The van der Waals surface area contributed by atoms with E-state index >= 15 is 0 Å². The fraction of sp³-hybridized carbons (Fsp3) is 0.385. The molecule has 0 amide bonds. The van der Waals surface area contributed by atoms with Crippen LogP contribution in [0.15, 0.2) is 18.2 Å². The number of rotatable bonds is 7. The molecule has 22 heavy (non-hydrogen) atoms. The molecule has 0 saturated heterocycles. The lowest BCUT2D eigenvalue weighted by atomic mass is 10.1. The van der Waals surface area contributed by atoms with E-state index in [-0.39, 0.29) is 10.6 Å². The number of halogens is 3. The Hall–Kier alpha value is -1.74. The van der Waals surface area contributed by atoms with Crippen molar-refractivity contribution in [1.29, 1.82) is 10.5 Å². The first kappa shape index (κ1) is 18.3. The van der Waals surface area contributed by atoms with Gasteiger partial charge < -0.3 is 0 Å². The van der Waals surface area contributed by atoms with Crippen molar-refractivity contribution < 1.29 is 17.2 Å². The Morgan fingerprint density at radius 1 is 1.23 bits per heavy atom. The van der Waals surface area contributed by atoms with Crippen LogP contribution < -0.4 is 0 Å². The molecule has 0 aromatic heterocycles. The largest absolute Gasteiger partial charge is 0.242 e. The number of nitrogens with zero attached hydrogens (tertiary/aromatic N) is 3. The molecule has 0 bridgehead atoms. The number of hydrogen-bond acceptors (Lipinski definition) is 4. The SMILES string of the molecule is N#CCN(CC#N)S(=O)(=O)Cc1ccc(CC(F)F)c(Cl)c1. The summed E-state index contributed by atoms with van der Waals surface area (Å²) in [6.45, 7) is -0.875. The average Bonchev–Trinajstić information content (AvgIpc) is 2.41. The Kier molecular flexibility index (Phi) is 6.69. The van der Waals surface area contributed by atoms with Gasteiger partial charge in [-0.05, 0) is 17.2 Å². The Morgan fingerprint density at radius 2 is 1.82 bits per heavy atom. The van der Waals surface area contributed by atoms with Gasteiger partial charge in [-0.15, -0.1) is 0 Å². The van der Waals surface area contributed by atoms with E-state index in [2.05, 4.69) is 0 Å². The lowest BCUT2D eigenvalue weighted by molar-refractivity contribution is 0.149. The van der Waals surface area contributed by atoms with Crippen LogP contribution in [0, 0.1) is 22.7 Å². The van der Waals surface area contributed by atoms with E-state index in [1.807, 2.05) is 0 Å². The van der Waals surface area contributed by atoms with Crippen molar-refractivity contribution in [1.82, 2.24) is 4.31 Å². The van der Waals surface area contributed by atoms with Crippen LogP contribution in [0.3, 0.4) is 0 Å². The maximum absolute atomic E-state index is 12.3. The van der Waals surface area contributed by atoms with Gasteiger partial charge in [0.25, 0.3) is 0 Å².